The van der Waals surface area contributed by atoms with Crippen LogP contribution in [0.2, 0.25) is 26.2 Å². The smallest absolute Gasteiger partial charge is 0.0830 e. The fourth-order valence-electron chi connectivity index (χ4n) is 10.4. The van der Waals surface area contributed by atoms with Gasteiger partial charge in [-0.25, -0.2) is 0 Å². The molecule has 1 N–H and O–H groups in total. The van der Waals surface area contributed by atoms with Gasteiger partial charge >= 0.3 is 0 Å². The summed E-state index contributed by atoms with van der Waals surface area (Å²) in [7, 11) is -2.96. The second kappa shape index (κ2) is 13.4. The highest BCUT2D eigenvalue weighted by Gasteiger charge is 2.52. The van der Waals surface area contributed by atoms with Crippen LogP contribution in [-0.4, -0.2) is 27.4 Å². The Morgan fingerprint density at radius 1 is 0.791 bits per heavy atom. The van der Waals surface area contributed by atoms with Crippen LogP contribution < -0.4 is 0 Å². The molecule has 0 saturated heterocycles. The van der Waals surface area contributed by atoms with Crippen LogP contribution in [0, 0.1) is 29.1 Å². The van der Waals surface area contributed by atoms with Gasteiger partial charge in [-0.15, -0.1) is 0 Å². The molecule has 2 aromatic carbocycles. The van der Waals surface area contributed by atoms with E-state index in [1.165, 1.54) is 68.2 Å². The Balaban J connectivity index is 0.000000171. The lowest BCUT2D eigenvalue weighted by Gasteiger charge is -2.48. The summed E-state index contributed by atoms with van der Waals surface area (Å²) >= 11 is 0. The molecule has 2 saturated carbocycles. The maximum atomic E-state index is 10.7. The summed E-state index contributed by atoms with van der Waals surface area (Å²) in [4.78, 5) is 0. The number of aliphatic hydroxyl groups is 1. The molecule has 2 fully saturated rings. The molecule has 0 radical (unpaired) electrons. The van der Waals surface area contributed by atoms with Crippen molar-refractivity contribution in [2.75, 3.05) is 0 Å². The van der Waals surface area contributed by atoms with Gasteiger partial charge in [0, 0.05) is 0 Å². The first-order chi connectivity index (χ1) is 20.5. The molecule has 0 unspecified atom stereocenters. The lowest BCUT2D eigenvalue weighted by Crippen LogP contribution is -2.45. The van der Waals surface area contributed by atoms with Gasteiger partial charge in [0.1, 0.15) is 0 Å². The maximum absolute atomic E-state index is 10.7. The topological polar surface area (TPSA) is 20.2 Å². The van der Waals surface area contributed by atoms with Gasteiger partial charge < -0.3 is 5.11 Å². The lowest BCUT2D eigenvalue weighted by molar-refractivity contribution is 0.101. The van der Waals surface area contributed by atoms with Crippen molar-refractivity contribution in [2.24, 2.45) is 29.1 Å². The normalized spacial score (nSPS) is 30.7. The first kappa shape index (κ1) is 32.7. The van der Waals surface area contributed by atoms with E-state index >= 15 is 0 Å². The van der Waals surface area contributed by atoms with E-state index in [1.54, 1.807) is 11.1 Å². The molecule has 4 aliphatic rings. The molecule has 3 heteroatoms. The van der Waals surface area contributed by atoms with Gasteiger partial charge in [-0.1, -0.05) is 154 Å². The minimum absolute atomic E-state index is 0.157. The number of rotatable bonds is 7. The summed E-state index contributed by atoms with van der Waals surface area (Å²) in [5, 5.41) is 14.2. The Bertz CT molecular complexity index is 1280. The van der Waals surface area contributed by atoms with Crippen molar-refractivity contribution in [3.05, 3.63) is 93.8 Å². The maximum Gasteiger partial charge on any atom is 0.0830 e. The molecule has 4 aliphatic carbocycles. The Hall–Kier alpha value is -1.69. The Morgan fingerprint density at radius 2 is 1.37 bits per heavy atom. The fraction of sp³-hybridized carbons (Fsp3) is 0.600. The monoisotopic (exact) mass is 612 g/mol. The summed E-state index contributed by atoms with van der Waals surface area (Å²) in [6.07, 6.45) is 14.5. The van der Waals surface area contributed by atoms with Gasteiger partial charge in [0.15, 0.2) is 0 Å². The second-order valence-corrected chi connectivity index (χ2v) is 25.4. The predicted molar refractivity (Wildman–Crippen MR) is 191 cm³/mol. The van der Waals surface area contributed by atoms with Crippen molar-refractivity contribution in [1.29, 1.82) is 0 Å². The molecule has 1 nitrogen and oxygen atoms in total. The van der Waals surface area contributed by atoms with E-state index in [0.717, 1.165) is 30.2 Å². The van der Waals surface area contributed by atoms with Crippen molar-refractivity contribution in [3.63, 3.8) is 0 Å². The number of fused-ring (bicyclic) bond motifs is 2. The van der Waals surface area contributed by atoms with Crippen LogP contribution >= 0.6 is 0 Å². The van der Waals surface area contributed by atoms with Crippen LogP contribution in [0.1, 0.15) is 89.7 Å². The predicted octanol–water partition coefficient (Wildman–Crippen LogP) is 10.7. The van der Waals surface area contributed by atoms with Crippen molar-refractivity contribution in [2.45, 2.75) is 123 Å². The van der Waals surface area contributed by atoms with Crippen LogP contribution in [0.15, 0.2) is 82.7 Å². The van der Waals surface area contributed by atoms with E-state index in [4.69, 9.17) is 0 Å². The minimum Gasteiger partial charge on any atom is -0.389 e. The van der Waals surface area contributed by atoms with E-state index in [2.05, 4.69) is 114 Å². The highest BCUT2D eigenvalue weighted by Crippen LogP contribution is 2.59. The number of allylic oxidation sites excluding steroid dienone is 3. The molecule has 6 atom stereocenters. The summed E-state index contributed by atoms with van der Waals surface area (Å²) in [6.45, 7) is 17.5. The zero-order chi connectivity index (χ0) is 30.8. The molecule has 0 aromatic heterocycles. The molecule has 0 spiro atoms. The van der Waals surface area contributed by atoms with Gasteiger partial charge in [0.25, 0.3) is 0 Å². The van der Waals surface area contributed by atoms with Gasteiger partial charge in [-0.05, 0) is 86.1 Å². The number of hydrogen-bond acceptors (Lipinski definition) is 1. The molecule has 2 aromatic rings. The van der Waals surface area contributed by atoms with Crippen LogP contribution in [0.25, 0.3) is 0 Å². The zero-order valence-electron chi connectivity index (χ0n) is 28.5. The molecule has 234 valence electrons. The molecule has 0 bridgehead atoms. The summed E-state index contributed by atoms with van der Waals surface area (Å²) in [5.74, 6) is 3.29. The highest BCUT2D eigenvalue weighted by molar-refractivity contribution is 6.84. The summed E-state index contributed by atoms with van der Waals surface area (Å²) < 4.78 is 0. The van der Waals surface area contributed by atoms with Crippen LogP contribution in [0.3, 0.4) is 0 Å². The largest absolute Gasteiger partial charge is 0.389 e. The van der Waals surface area contributed by atoms with Crippen LogP contribution in [0.5, 0.6) is 0 Å². The van der Waals surface area contributed by atoms with Gasteiger partial charge in [0.05, 0.1) is 22.3 Å². The molecular formula is C40H60OSi2. The second-order valence-electron chi connectivity index (χ2n) is 16.1. The zero-order valence-corrected chi connectivity index (χ0v) is 30.5. The Morgan fingerprint density at radius 3 is 1.98 bits per heavy atom. The molecule has 6 rings (SSSR count). The SMILES string of the molecule is CC[C@]12CCC[C@@H](C)[C@@H]1CC=C2[Si](C)(C)Cc1ccccc1.C[C@@H]1CCCC2=C([Si](C)(C)Cc3ccccc3)[C@@H](O)C[C@H]21. The average molecular weight is 613 g/mol. The molecule has 0 heterocycles. The van der Waals surface area contributed by atoms with Gasteiger partial charge in [-0.3, -0.25) is 0 Å². The van der Waals surface area contributed by atoms with E-state index in [9.17, 15) is 5.11 Å². The fourth-order valence-corrected chi connectivity index (χ4v) is 18.0. The van der Waals surface area contributed by atoms with E-state index in [-0.39, 0.29) is 6.10 Å². The third-order valence-corrected chi connectivity index (χ3v) is 19.1. The third-order valence-electron chi connectivity index (χ3n) is 12.3. The molecular weight excluding hydrogens is 553 g/mol. The Kier molecular flexibility index (Phi) is 10.2. The first-order valence-corrected chi connectivity index (χ1v) is 24.1. The number of aliphatic hydroxyl groups excluding tert-OH is 1. The summed E-state index contributed by atoms with van der Waals surface area (Å²) in [5.41, 5.74) is 5.19. The van der Waals surface area contributed by atoms with Gasteiger partial charge in [-0.2, -0.15) is 0 Å². The lowest BCUT2D eigenvalue weighted by atomic mass is 9.62. The Labute approximate surface area is 266 Å². The minimum atomic E-state index is -1.58. The quantitative estimate of drug-likeness (QED) is 0.308. The van der Waals surface area contributed by atoms with Crippen LogP contribution in [-0.2, 0) is 12.1 Å². The highest BCUT2D eigenvalue weighted by atomic mass is 28.3. The molecule has 0 aliphatic heterocycles. The number of benzene rings is 2. The first-order valence-electron chi connectivity index (χ1n) is 17.7. The molecule has 43 heavy (non-hydrogen) atoms. The van der Waals surface area contributed by atoms with Gasteiger partial charge in [0.2, 0.25) is 0 Å². The standard InChI is InChI=1S/C21H32Si.C19H28OSi/c1-5-21-15-9-10-17(2)19(21)13-14-20(21)22(3,4)16-18-11-7-6-8-12-18;1-14-8-7-11-16-17(14)12-18(20)19(16)21(2,3)13-15-9-5-4-6-10-15/h6-8,11-12,14,17,19H,5,9-10,13,15-16H2,1-4H3;4-6,9-10,14,17-18,20H,7-8,11-13H2,1-3H3/t17-,19+,21+;14-,17+,18+/m11/s1. The molecule has 0 amide bonds. The van der Waals surface area contributed by atoms with Crippen molar-refractivity contribution >= 4 is 16.1 Å². The van der Waals surface area contributed by atoms with Crippen LogP contribution in [0.4, 0.5) is 0 Å². The number of hydrogen-bond donors (Lipinski definition) is 1. The van der Waals surface area contributed by atoms with E-state index in [0.29, 0.717) is 11.3 Å². The van der Waals surface area contributed by atoms with E-state index < -0.39 is 16.1 Å². The van der Waals surface area contributed by atoms with Crippen molar-refractivity contribution < 1.29 is 5.11 Å². The van der Waals surface area contributed by atoms with Crippen molar-refractivity contribution in [1.82, 2.24) is 0 Å². The average Bonchev–Trinajstić information content (AvgIpc) is 3.55. The third kappa shape index (κ3) is 6.80. The summed E-state index contributed by atoms with van der Waals surface area (Å²) in [6, 6.07) is 24.5. The van der Waals surface area contributed by atoms with E-state index in [1.807, 2.05) is 5.20 Å². The van der Waals surface area contributed by atoms with Crippen molar-refractivity contribution in [3.8, 4) is 0 Å².